The molecule has 1 saturated carbocycles. The van der Waals surface area contributed by atoms with Gasteiger partial charge in [-0.1, -0.05) is 26.2 Å². The minimum Gasteiger partial charge on any atom is -0.330 e. The van der Waals surface area contributed by atoms with E-state index in [0.717, 1.165) is 24.6 Å². The van der Waals surface area contributed by atoms with Gasteiger partial charge < -0.3 is 5.73 Å². The van der Waals surface area contributed by atoms with E-state index < -0.39 is 0 Å². The van der Waals surface area contributed by atoms with Crippen molar-refractivity contribution in [3.63, 3.8) is 0 Å². The molecule has 0 radical (unpaired) electrons. The highest BCUT2D eigenvalue weighted by molar-refractivity contribution is 7.09. The summed E-state index contributed by atoms with van der Waals surface area (Å²) in [6.45, 7) is 5.21. The smallest absolute Gasteiger partial charge is 0.0934 e. The van der Waals surface area contributed by atoms with Crippen LogP contribution in [0, 0.1) is 18.3 Å². The van der Waals surface area contributed by atoms with Crippen molar-refractivity contribution in [3.05, 3.63) is 16.1 Å². The second-order valence-electron chi connectivity index (χ2n) is 5.63. The number of aryl methyl sites for hydroxylation is 1. The lowest BCUT2D eigenvalue weighted by atomic mass is 9.67. The van der Waals surface area contributed by atoms with Crippen LogP contribution in [0.25, 0.3) is 0 Å². The number of nitrogens with two attached hydrogens (primary N) is 1. The van der Waals surface area contributed by atoms with Crippen LogP contribution < -0.4 is 5.73 Å². The first kappa shape index (κ1) is 13.0. The molecule has 1 heterocycles. The van der Waals surface area contributed by atoms with Crippen LogP contribution in [0.5, 0.6) is 0 Å². The Labute approximate surface area is 109 Å². The summed E-state index contributed by atoms with van der Waals surface area (Å²) in [6, 6.07) is 0. The topological polar surface area (TPSA) is 38.9 Å². The van der Waals surface area contributed by atoms with Gasteiger partial charge in [-0.3, -0.25) is 0 Å². The molecule has 17 heavy (non-hydrogen) atoms. The number of rotatable bonds is 4. The molecule has 2 atom stereocenters. The summed E-state index contributed by atoms with van der Waals surface area (Å²) in [6.07, 6.45) is 7.74. The lowest BCUT2D eigenvalue weighted by Gasteiger charge is -2.39. The van der Waals surface area contributed by atoms with Gasteiger partial charge in [0.2, 0.25) is 0 Å². The quantitative estimate of drug-likeness (QED) is 0.890. The lowest BCUT2D eigenvalue weighted by Crippen LogP contribution is -2.37. The zero-order chi connectivity index (χ0) is 12.3. The van der Waals surface area contributed by atoms with Crippen molar-refractivity contribution < 1.29 is 0 Å². The fraction of sp³-hybridized carbons (Fsp3) is 0.786. The van der Waals surface area contributed by atoms with E-state index in [2.05, 4.69) is 24.2 Å². The van der Waals surface area contributed by atoms with E-state index in [4.69, 9.17) is 5.73 Å². The van der Waals surface area contributed by atoms with E-state index in [-0.39, 0.29) is 0 Å². The molecular weight excluding hydrogens is 228 g/mol. The van der Waals surface area contributed by atoms with Gasteiger partial charge in [0.05, 0.1) is 5.01 Å². The van der Waals surface area contributed by atoms with E-state index in [0.29, 0.717) is 5.41 Å². The van der Waals surface area contributed by atoms with Crippen LogP contribution in [0.15, 0.2) is 5.38 Å². The molecule has 0 aromatic carbocycles. The van der Waals surface area contributed by atoms with Crippen molar-refractivity contribution in [2.24, 2.45) is 17.1 Å². The molecule has 0 spiro atoms. The van der Waals surface area contributed by atoms with Crippen LogP contribution >= 0.6 is 11.3 Å². The van der Waals surface area contributed by atoms with Gasteiger partial charge >= 0.3 is 0 Å². The highest BCUT2D eigenvalue weighted by atomic mass is 32.1. The molecule has 96 valence electrons. The van der Waals surface area contributed by atoms with E-state index >= 15 is 0 Å². The monoisotopic (exact) mass is 252 g/mol. The van der Waals surface area contributed by atoms with Gasteiger partial charge in [0.25, 0.3) is 0 Å². The van der Waals surface area contributed by atoms with E-state index in [1.807, 2.05) is 0 Å². The molecule has 0 amide bonds. The minimum atomic E-state index is 0.337. The Morgan fingerprint density at radius 3 is 3.00 bits per heavy atom. The Morgan fingerprint density at radius 1 is 1.59 bits per heavy atom. The summed E-state index contributed by atoms with van der Waals surface area (Å²) in [5.74, 6) is 0.883. The fourth-order valence-electron chi connectivity index (χ4n) is 3.15. The van der Waals surface area contributed by atoms with Crippen molar-refractivity contribution in [1.29, 1.82) is 0 Å². The summed E-state index contributed by atoms with van der Waals surface area (Å²) in [5.41, 5.74) is 7.58. The Hall–Kier alpha value is -0.410. The lowest BCUT2D eigenvalue weighted by molar-refractivity contribution is 0.142. The summed E-state index contributed by atoms with van der Waals surface area (Å²) < 4.78 is 0. The standard InChI is InChI=1S/C14H24N2S/c1-3-12-5-4-6-14(7-12,10-15)8-13-16-11(2)9-17-13/h9,12H,3-8,10,15H2,1-2H3. The number of nitrogens with zero attached hydrogens (tertiary/aromatic N) is 1. The number of thiazole rings is 1. The van der Waals surface area contributed by atoms with Crippen LogP contribution in [0.4, 0.5) is 0 Å². The van der Waals surface area contributed by atoms with Crippen molar-refractivity contribution in [1.82, 2.24) is 4.98 Å². The second kappa shape index (κ2) is 5.49. The molecule has 2 unspecified atom stereocenters. The summed E-state index contributed by atoms with van der Waals surface area (Å²) >= 11 is 1.80. The van der Waals surface area contributed by atoms with Crippen LogP contribution in [-0.4, -0.2) is 11.5 Å². The zero-order valence-electron chi connectivity index (χ0n) is 11.0. The van der Waals surface area contributed by atoms with Gasteiger partial charge in [-0.2, -0.15) is 0 Å². The van der Waals surface area contributed by atoms with Crippen LogP contribution in [0.3, 0.4) is 0 Å². The van der Waals surface area contributed by atoms with Gasteiger partial charge in [-0.15, -0.1) is 11.3 Å². The number of hydrogen-bond acceptors (Lipinski definition) is 3. The molecule has 2 N–H and O–H groups in total. The average molecular weight is 252 g/mol. The molecule has 3 heteroatoms. The van der Waals surface area contributed by atoms with E-state index in [1.54, 1.807) is 11.3 Å². The maximum Gasteiger partial charge on any atom is 0.0934 e. The third-order valence-corrected chi connectivity index (χ3v) is 5.21. The minimum absolute atomic E-state index is 0.337. The molecule has 1 aromatic rings. The Balaban J connectivity index is 2.08. The number of aromatic nitrogens is 1. The molecule has 1 aliphatic rings. The molecule has 1 aliphatic carbocycles. The summed E-state index contributed by atoms with van der Waals surface area (Å²) in [4.78, 5) is 4.61. The van der Waals surface area contributed by atoms with Gasteiger partial charge in [0.15, 0.2) is 0 Å². The van der Waals surface area contributed by atoms with Crippen LogP contribution in [0.2, 0.25) is 0 Å². The molecule has 1 aromatic heterocycles. The first-order chi connectivity index (χ1) is 8.17. The number of hydrogen-bond donors (Lipinski definition) is 1. The van der Waals surface area contributed by atoms with Crippen molar-refractivity contribution >= 4 is 11.3 Å². The predicted molar refractivity (Wildman–Crippen MR) is 74.3 cm³/mol. The Morgan fingerprint density at radius 2 is 2.41 bits per heavy atom. The largest absolute Gasteiger partial charge is 0.330 e. The maximum atomic E-state index is 6.09. The normalized spacial score (nSPS) is 29.5. The zero-order valence-corrected chi connectivity index (χ0v) is 11.9. The van der Waals surface area contributed by atoms with Gasteiger partial charge in [0.1, 0.15) is 0 Å². The Kier molecular flexibility index (Phi) is 4.21. The molecule has 2 nitrogen and oxygen atoms in total. The SMILES string of the molecule is CCC1CCCC(CN)(Cc2nc(C)cs2)C1. The van der Waals surface area contributed by atoms with Crippen molar-refractivity contribution in [2.75, 3.05) is 6.54 Å². The molecule has 0 aliphatic heterocycles. The van der Waals surface area contributed by atoms with Gasteiger partial charge in [-0.25, -0.2) is 4.98 Å². The molecule has 0 saturated heterocycles. The van der Waals surface area contributed by atoms with E-state index in [1.165, 1.54) is 37.1 Å². The highest BCUT2D eigenvalue weighted by Gasteiger charge is 2.35. The highest BCUT2D eigenvalue weighted by Crippen LogP contribution is 2.42. The van der Waals surface area contributed by atoms with Crippen LogP contribution in [0.1, 0.15) is 49.7 Å². The van der Waals surface area contributed by atoms with Crippen LogP contribution in [-0.2, 0) is 6.42 Å². The van der Waals surface area contributed by atoms with Gasteiger partial charge in [0, 0.05) is 17.5 Å². The van der Waals surface area contributed by atoms with Gasteiger partial charge in [-0.05, 0) is 37.6 Å². The third kappa shape index (κ3) is 3.08. The summed E-state index contributed by atoms with van der Waals surface area (Å²) in [5, 5.41) is 3.43. The summed E-state index contributed by atoms with van der Waals surface area (Å²) in [7, 11) is 0. The Bertz CT molecular complexity index is 361. The molecular formula is C14H24N2S. The average Bonchev–Trinajstić information content (AvgIpc) is 2.75. The molecule has 0 bridgehead atoms. The van der Waals surface area contributed by atoms with E-state index in [9.17, 15) is 0 Å². The second-order valence-corrected chi connectivity index (χ2v) is 6.58. The predicted octanol–water partition coefficient (Wildman–Crippen LogP) is 3.54. The molecule has 2 rings (SSSR count). The van der Waals surface area contributed by atoms with Crippen molar-refractivity contribution in [2.45, 2.75) is 52.4 Å². The first-order valence-electron chi connectivity index (χ1n) is 6.78. The maximum absolute atomic E-state index is 6.09. The first-order valence-corrected chi connectivity index (χ1v) is 7.66. The fourth-order valence-corrected chi connectivity index (χ4v) is 4.10. The van der Waals surface area contributed by atoms with Crippen molar-refractivity contribution in [3.8, 4) is 0 Å². The third-order valence-electron chi connectivity index (χ3n) is 4.24. The molecule has 1 fully saturated rings.